The first-order valence-electron chi connectivity index (χ1n) is 23.1. The highest BCUT2D eigenvalue weighted by atomic mass is 35.5. The second-order valence-electron chi connectivity index (χ2n) is 19.9. The molecule has 3 N–H and O–H groups in total. The number of ether oxygens (including phenoxy) is 2. The molecular formula is C49H59ClN8O7S. The number of benzene rings is 2. The van der Waals surface area contributed by atoms with Crippen LogP contribution in [-0.4, -0.2) is 84.5 Å². The highest BCUT2D eigenvalue weighted by molar-refractivity contribution is 7.90. The van der Waals surface area contributed by atoms with Crippen molar-refractivity contribution in [3.05, 3.63) is 105 Å². The number of hydrogen-bond donors (Lipinski definition) is 3. The third-order valence-electron chi connectivity index (χ3n) is 14.6. The Bertz CT molecular complexity index is 2720. The summed E-state index contributed by atoms with van der Waals surface area (Å²) in [5.41, 5.74) is 4.09. The van der Waals surface area contributed by atoms with Gasteiger partial charge < -0.3 is 24.7 Å². The Morgan fingerprint density at radius 3 is 2.53 bits per heavy atom. The number of carbonyl (C=O) groups excluding carboxylic acids is 1. The van der Waals surface area contributed by atoms with Crippen LogP contribution in [0.5, 0.6) is 11.5 Å². The fourth-order valence-corrected chi connectivity index (χ4v) is 11.7. The summed E-state index contributed by atoms with van der Waals surface area (Å²) in [4.78, 5) is 41.5. The minimum atomic E-state index is -4.63. The molecule has 15 nitrogen and oxygen atoms in total. The normalized spacial score (nSPS) is 20.3. The standard InChI is InChI=1S/C49H59ClN8O7S/c1-31(2)37-7-5-6-8-38(37)43-30-64-20-19-57(43)34-24-49(25-34)15-17-56(18-16-49)33-9-10-39(44(21-33)65-35-22-40-41(50)29-54-45(40)52-27-35)47(59)55-66(62,63)36-23-42(58(60)61)46(53-28-36)51-26-32-11-13-48(3,4)14-12-32/h5-10,21-23,27-29,31-32,34,43H,11-20,24-26,30H2,1-4H3,(H,51,53)(H,52,54)(H,55,59)/t43-/m1/s1. The van der Waals surface area contributed by atoms with Crippen LogP contribution in [0, 0.1) is 26.9 Å². The fourth-order valence-electron chi connectivity index (χ4n) is 10.6. The van der Waals surface area contributed by atoms with Crippen molar-refractivity contribution in [3.63, 3.8) is 0 Å². The average molecular weight is 940 g/mol. The summed E-state index contributed by atoms with van der Waals surface area (Å²) >= 11 is 6.41. The Morgan fingerprint density at radius 2 is 1.79 bits per heavy atom. The van der Waals surface area contributed by atoms with Gasteiger partial charge in [0.25, 0.3) is 15.9 Å². The molecule has 0 bridgehead atoms. The molecule has 1 atom stereocenters. The lowest BCUT2D eigenvalue weighted by Crippen LogP contribution is -2.58. The molecule has 4 fully saturated rings. The van der Waals surface area contributed by atoms with E-state index in [-0.39, 0.29) is 39.8 Å². The second-order valence-corrected chi connectivity index (χ2v) is 22.0. The van der Waals surface area contributed by atoms with E-state index in [0.717, 1.165) is 95.6 Å². The molecule has 5 heterocycles. The summed E-state index contributed by atoms with van der Waals surface area (Å²) in [7, 11) is -4.63. The van der Waals surface area contributed by atoms with E-state index in [0.29, 0.717) is 47.1 Å². The number of piperidine rings is 1. The molecule has 2 saturated heterocycles. The summed E-state index contributed by atoms with van der Waals surface area (Å²) in [5, 5.41) is 16.3. The SMILES string of the molecule is CC(C)c1ccccc1[C@H]1COCCN1C1CC2(CCN(c3ccc(C(=O)NS(=O)(=O)c4cnc(NCC5CCC(C)(C)CC5)c([N+](=O)[O-])c4)c(Oc4cnc5[nH]cc(Cl)c5c4)c3)CC2)C1. The van der Waals surface area contributed by atoms with E-state index in [4.69, 9.17) is 21.1 Å². The van der Waals surface area contributed by atoms with Gasteiger partial charge in [0.15, 0.2) is 0 Å². The van der Waals surface area contributed by atoms with E-state index in [9.17, 15) is 23.3 Å². The summed E-state index contributed by atoms with van der Waals surface area (Å²) in [5.74, 6) is 0.133. The van der Waals surface area contributed by atoms with Crippen molar-refractivity contribution in [2.75, 3.05) is 49.6 Å². The first kappa shape index (κ1) is 45.8. The minimum Gasteiger partial charge on any atom is -0.455 e. The lowest BCUT2D eigenvalue weighted by atomic mass is 9.59. The van der Waals surface area contributed by atoms with E-state index in [2.05, 4.69) is 86.8 Å². The number of hydrogen-bond acceptors (Lipinski definition) is 12. The monoisotopic (exact) mass is 938 g/mol. The molecule has 2 saturated carbocycles. The number of aromatic amines is 1. The van der Waals surface area contributed by atoms with Gasteiger partial charge in [-0.05, 0) is 103 Å². The van der Waals surface area contributed by atoms with Gasteiger partial charge in [-0.25, -0.2) is 23.1 Å². The van der Waals surface area contributed by atoms with Crippen molar-refractivity contribution in [1.82, 2.24) is 24.6 Å². The fraction of sp³-hybridized carbons (Fsp3) is 0.490. The zero-order chi connectivity index (χ0) is 46.4. The van der Waals surface area contributed by atoms with Gasteiger partial charge in [0.2, 0.25) is 5.82 Å². The summed E-state index contributed by atoms with van der Waals surface area (Å²) in [6.07, 6.45) is 12.5. The number of anilines is 2. The first-order valence-corrected chi connectivity index (χ1v) is 25.0. The maximum absolute atomic E-state index is 14.0. The number of aromatic nitrogens is 3. The molecule has 2 aliphatic carbocycles. The highest BCUT2D eigenvalue weighted by Gasteiger charge is 2.50. The molecule has 17 heteroatoms. The van der Waals surface area contributed by atoms with Gasteiger partial charge >= 0.3 is 5.69 Å². The van der Waals surface area contributed by atoms with E-state index < -0.39 is 31.4 Å². The number of sulfonamides is 1. The Labute approximate surface area is 391 Å². The van der Waals surface area contributed by atoms with Gasteiger partial charge in [-0.3, -0.25) is 19.8 Å². The van der Waals surface area contributed by atoms with Crippen LogP contribution in [0.2, 0.25) is 5.02 Å². The number of pyridine rings is 2. The highest BCUT2D eigenvalue weighted by Crippen LogP contribution is 2.53. The summed E-state index contributed by atoms with van der Waals surface area (Å²) in [6.45, 7) is 13.4. The van der Waals surface area contributed by atoms with Crippen LogP contribution in [0.15, 0.2) is 78.1 Å². The van der Waals surface area contributed by atoms with Crippen molar-refractivity contribution in [2.24, 2.45) is 16.7 Å². The maximum atomic E-state index is 14.0. The number of halogens is 1. The number of nitrogens with one attached hydrogen (secondary N) is 3. The summed E-state index contributed by atoms with van der Waals surface area (Å²) < 4.78 is 42.0. The van der Waals surface area contributed by atoms with Crippen molar-refractivity contribution < 1.29 is 27.6 Å². The Morgan fingerprint density at radius 1 is 1.03 bits per heavy atom. The van der Waals surface area contributed by atoms with E-state index >= 15 is 0 Å². The van der Waals surface area contributed by atoms with Gasteiger partial charge in [0.1, 0.15) is 22.0 Å². The van der Waals surface area contributed by atoms with Gasteiger partial charge in [-0.15, -0.1) is 0 Å². The van der Waals surface area contributed by atoms with Crippen molar-refractivity contribution in [2.45, 2.75) is 102 Å². The van der Waals surface area contributed by atoms with Crippen molar-refractivity contribution in [1.29, 1.82) is 0 Å². The van der Waals surface area contributed by atoms with E-state index in [1.165, 1.54) is 17.3 Å². The number of nitrogens with zero attached hydrogens (tertiary/aromatic N) is 5. The molecule has 2 aromatic carbocycles. The van der Waals surface area contributed by atoms with Gasteiger partial charge in [0.05, 0.1) is 47.2 Å². The molecule has 350 valence electrons. The van der Waals surface area contributed by atoms with Crippen LogP contribution in [0.25, 0.3) is 11.0 Å². The molecular weight excluding hydrogens is 880 g/mol. The Hall–Kier alpha value is -5.29. The lowest BCUT2D eigenvalue weighted by Gasteiger charge is -2.57. The molecule has 66 heavy (non-hydrogen) atoms. The quantitative estimate of drug-likeness (QED) is 0.0751. The number of H-pyrrole nitrogens is 1. The van der Waals surface area contributed by atoms with Gasteiger partial charge in [0, 0.05) is 61.6 Å². The Balaban J connectivity index is 0.907. The lowest BCUT2D eigenvalue weighted by molar-refractivity contribution is -0.384. The van der Waals surface area contributed by atoms with Crippen molar-refractivity contribution >= 4 is 55.8 Å². The molecule has 2 aliphatic heterocycles. The summed E-state index contributed by atoms with van der Waals surface area (Å²) in [6, 6.07) is 17.2. The minimum absolute atomic E-state index is 0.0238. The van der Waals surface area contributed by atoms with Gasteiger partial charge in [-0.1, -0.05) is 63.6 Å². The predicted octanol–water partition coefficient (Wildman–Crippen LogP) is 10.0. The van der Waals surface area contributed by atoms with Crippen LogP contribution < -0.4 is 19.7 Å². The van der Waals surface area contributed by atoms with Crippen LogP contribution in [0.3, 0.4) is 0 Å². The number of carbonyl (C=O) groups is 1. The van der Waals surface area contributed by atoms with Crippen LogP contribution >= 0.6 is 11.6 Å². The zero-order valence-electron chi connectivity index (χ0n) is 38.0. The third-order valence-corrected chi connectivity index (χ3v) is 16.2. The number of rotatable bonds is 13. The zero-order valence-corrected chi connectivity index (χ0v) is 39.6. The number of amides is 1. The molecule has 0 unspecified atom stereocenters. The molecule has 9 rings (SSSR count). The molecule has 1 amide bonds. The largest absolute Gasteiger partial charge is 0.455 e. The second kappa shape index (κ2) is 18.4. The van der Waals surface area contributed by atoms with Gasteiger partial charge in [-0.2, -0.15) is 0 Å². The van der Waals surface area contributed by atoms with Crippen LogP contribution in [0.4, 0.5) is 17.2 Å². The molecule has 0 radical (unpaired) electrons. The maximum Gasteiger partial charge on any atom is 0.312 e. The smallest absolute Gasteiger partial charge is 0.312 e. The van der Waals surface area contributed by atoms with Crippen molar-refractivity contribution in [3.8, 4) is 11.5 Å². The molecule has 5 aromatic rings. The van der Waals surface area contributed by atoms with E-state index in [1.54, 1.807) is 30.5 Å². The number of morpholine rings is 1. The number of nitro groups is 1. The predicted molar refractivity (Wildman–Crippen MR) is 255 cm³/mol. The van der Waals surface area contributed by atoms with Crippen LogP contribution in [-0.2, 0) is 14.8 Å². The number of fused-ring (bicyclic) bond motifs is 1. The average Bonchev–Trinajstić information content (AvgIpc) is 3.66. The molecule has 4 aliphatic rings. The first-order chi connectivity index (χ1) is 31.6. The molecule has 3 aromatic heterocycles. The van der Waals surface area contributed by atoms with Crippen LogP contribution in [0.1, 0.15) is 113 Å². The Kier molecular flexibility index (Phi) is 12.8. The van der Waals surface area contributed by atoms with E-state index in [1.807, 2.05) is 0 Å². The molecule has 1 spiro atoms. The third kappa shape index (κ3) is 9.60. The topological polar surface area (TPSA) is 185 Å².